The molecule has 0 N–H and O–H groups in total. The SMILES string of the molecule is CC(C)C1(OC(=O)N2CCCCC2)C2CC3CC(C2)CC1C3. The van der Waals surface area contributed by atoms with Crippen LogP contribution in [0.15, 0.2) is 0 Å². The van der Waals surface area contributed by atoms with Gasteiger partial charge in [0.2, 0.25) is 0 Å². The summed E-state index contributed by atoms with van der Waals surface area (Å²) in [5.41, 5.74) is -0.165. The van der Waals surface area contributed by atoms with Gasteiger partial charge in [0.25, 0.3) is 0 Å². The summed E-state index contributed by atoms with van der Waals surface area (Å²) < 4.78 is 6.40. The molecular weight excluding hydrogens is 274 g/mol. The third-order valence-electron chi connectivity index (χ3n) is 7.19. The molecule has 4 saturated carbocycles. The molecule has 3 nitrogen and oxygen atoms in total. The molecule has 1 heterocycles. The van der Waals surface area contributed by atoms with E-state index in [1.807, 2.05) is 4.90 Å². The highest BCUT2D eigenvalue weighted by Crippen LogP contribution is 2.61. The second-order valence-electron chi connectivity index (χ2n) is 8.73. The minimum Gasteiger partial charge on any atom is -0.442 e. The number of likely N-dealkylation sites (tertiary alicyclic amines) is 1. The first-order valence-corrected chi connectivity index (χ1v) is 9.57. The number of amides is 1. The van der Waals surface area contributed by atoms with E-state index in [1.165, 1.54) is 38.5 Å². The Hall–Kier alpha value is -0.730. The zero-order valence-corrected chi connectivity index (χ0v) is 14.2. The van der Waals surface area contributed by atoms with Gasteiger partial charge >= 0.3 is 6.09 Å². The Morgan fingerprint density at radius 3 is 2.00 bits per heavy atom. The van der Waals surface area contributed by atoms with Crippen LogP contribution in [0.3, 0.4) is 0 Å². The van der Waals surface area contributed by atoms with Crippen molar-refractivity contribution in [2.24, 2.45) is 29.6 Å². The van der Waals surface area contributed by atoms with E-state index < -0.39 is 0 Å². The van der Waals surface area contributed by atoms with Gasteiger partial charge in [0.15, 0.2) is 0 Å². The number of hydrogen-bond acceptors (Lipinski definition) is 2. The Morgan fingerprint density at radius 1 is 0.955 bits per heavy atom. The fraction of sp³-hybridized carbons (Fsp3) is 0.947. The van der Waals surface area contributed by atoms with Gasteiger partial charge in [-0.3, -0.25) is 0 Å². The van der Waals surface area contributed by atoms with Crippen LogP contribution in [-0.2, 0) is 4.74 Å². The maximum Gasteiger partial charge on any atom is 0.410 e. The fourth-order valence-corrected chi connectivity index (χ4v) is 6.44. The van der Waals surface area contributed by atoms with Gasteiger partial charge in [-0.1, -0.05) is 13.8 Å². The number of rotatable bonds is 2. The van der Waals surface area contributed by atoms with Crippen molar-refractivity contribution in [1.29, 1.82) is 0 Å². The molecule has 1 aliphatic heterocycles. The van der Waals surface area contributed by atoms with Gasteiger partial charge in [-0.15, -0.1) is 0 Å². The molecule has 0 aromatic heterocycles. The summed E-state index contributed by atoms with van der Waals surface area (Å²) in [5, 5.41) is 0. The van der Waals surface area contributed by atoms with Crippen molar-refractivity contribution in [3.63, 3.8) is 0 Å². The minimum absolute atomic E-state index is 0.0131. The third-order valence-corrected chi connectivity index (χ3v) is 7.19. The van der Waals surface area contributed by atoms with Crippen LogP contribution < -0.4 is 0 Å². The third kappa shape index (κ3) is 2.18. The highest BCUT2D eigenvalue weighted by molar-refractivity contribution is 5.68. The van der Waals surface area contributed by atoms with E-state index in [0.717, 1.165) is 37.8 Å². The molecule has 0 unspecified atom stereocenters. The first-order valence-electron chi connectivity index (χ1n) is 9.57. The molecule has 4 bridgehead atoms. The molecule has 0 radical (unpaired) electrons. The Labute approximate surface area is 134 Å². The van der Waals surface area contributed by atoms with Gasteiger partial charge in [0.1, 0.15) is 5.60 Å². The van der Waals surface area contributed by atoms with Gasteiger partial charge < -0.3 is 9.64 Å². The van der Waals surface area contributed by atoms with Crippen LogP contribution >= 0.6 is 0 Å². The van der Waals surface area contributed by atoms with Crippen molar-refractivity contribution < 1.29 is 9.53 Å². The van der Waals surface area contributed by atoms with Crippen molar-refractivity contribution in [1.82, 2.24) is 4.90 Å². The average molecular weight is 305 g/mol. The predicted molar refractivity (Wildman–Crippen MR) is 86.5 cm³/mol. The van der Waals surface area contributed by atoms with Gasteiger partial charge in [0.05, 0.1) is 0 Å². The standard InChI is InChI=1S/C19H31NO2/c1-13(2)19(22-18(21)20-6-4-3-5-7-20)16-9-14-8-15(11-16)12-17(19)10-14/h13-17H,3-12H2,1-2H3. The van der Waals surface area contributed by atoms with Crippen molar-refractivity contribution in [3.05, 3.63) is 0 Å². The minimum atomic E-state index is -0.165. The van der Waals surface area contributed by atoms with Crippen LogP contribution in [0.1, 0.15) is 65.2 Å². The maximum absolute atomic E-state index is 12.8. The van der Waals surface area contributed by atoms with E-state index in [9.17, 15) is 4.79 Å². The number of hydrogen-bond donors (Lipinski definition) is 0. The summed E-state index contributed by atoms with van der Waals surface area (Å²) in [5.74, 6) is 3.53. The quantitative estimate of drug-likeness (QED) is 0.754. The van der Waals surface area contributed by atoms with Crippen LogP contribution in [-0.4, -0.2) is 29.7 Å². The fourth-order valence-electron chi connectivity index (χ4n) is 6.44. The first kappa shape index (κ1) is 14.8. The molecule has 1 amide bonds. The number of piperidine rings is 1. The summed E-state index contributed by atoms with van der Waals surface area (Å²) in [7, 11) is 0. The molecule has 3 heteroatoms. The Morgan fingerprint density at radius 2 is 1.50 bits per heavy atom. The molecule has 22 heavy (non-hydrogen) atoms. The predicted octanol–water partition coefficient (Wildman–Crippen LogP) is 4.46. The van der Waals surface area contributed by atoms with E-state index in [-0.39, 0.29) is 11.7 Å². The Balaban J connectivity index is 1.56. The lowest BCUT2D eigenvalue weighted by Gasteiger charge is -2.62. The normalized spacial score (nSPS) is 43.7. The van der Waals surface area contributed by atoms with Crippen LogP contribution in [0.2, 0.25) is 0 Å². The largest absolute Gasteiger partial charge is 0.442 e. The molecule has 0 atom stereocenters. The van der Waals surface area contributed by atoms with E-state index in [2.05, 4.69) is 13.8 Å². The second-order valence-corrected chi connectivity index (χ2v) is 8.73. The van der Waals surface area contributed by atoms with Crippen LogP contribution in [0, 0.1) is 29.6 Å². The lowest BCUT2D eigenvalue weighted by atomic mass is 9.47. The van der Waals surface area contributed by atoms with E-state index in [0.29, 0.717) is 17.8 Å². The summed E-state index contributed by atoms with van der Waals surface area (Å²) in [6.45, 7) is 6.36. The second kappa shape index (κ2) is 5.42. The molecule has 5 aliphatic rings. The first-order chi connectivity index (χ1) is 10.6. The monoisotopic (exact) mass is 305 g/mol. The molecule has 0 spiro atoms. The van der Waals surface area contributed by atoms with Crippen LogP contribution in [0.4, 0.5) is 4.79 Å². The van der Waals surface area contributed by atoms with Gasteiger partial charge in [-0.2, -0.15) is 0 Å². The molecule has 5 fully saturated rings. The van der Waals surface area contributed by atoms with Crippen molar-refractivity contribution in [2.45, 2.75) is 70.8 Å². The molecule has 124 valence electrons. The highest BCUT2D eigenvalue weighted by Gasteiger charge is 2.61. The van der Waals surface area contributed by atoms with Crippen molar-refractivity contribution in [2.75, 3.05) is 13.1 Å². The zero-order valence-electron chi connectivity index (χ0n) is 14.2. The molecule has 0 aromatic carbocycles. The lowest BCUT2D eigenvalue weighted by Crippen LogP contribution is -2.63. The molecule has 1 saturated heterocycles. The maximum atomic E-state index is 12.8. The van der Waals surface area contributed by atoms with Gasteiger partial charge in [-0.05, 0) is 81.0 Å². The van der Waals surface area contributed by atoms with Crippen molar-refractivity contribution >= 4 is 6.09 Å². The highest BCUT2D eigenvalue weighted by atomic mass is 16.6. The summed E-state index contributed by atoms with van der Waals surface area (Å²) in [4.78, 5) is 14.8. The van der Waals surface area contributed by atoms with E-state index >= 15 is 0 Å². The van der Waals surface area contributed by atoms with Crippen LogP contribution in [0.25, 0.3) is 0 Å². The zero-order chi connectivity index (χ0) is 15.3. The van der Waals surface area contributed by atoms with Crippen LogP contribution in [0.5, 0.6) is 0 Å². The summed E-state index contributed by atoms with van der Waals surface area (Å²) >= 11 is 0. The number of ether oxygens (including phenoxy) is 1. The molecule has 4 aliphatic carbocycles. The number of carbonyl (C=O) groups is 1. The Bertz CT molecular complexity index is 411. The van der Waals surface area contributed by atoms with E-state index in [4.69, 9.17) is 4.74 Å². The van der Waals surface area contributed by atoms with Gasteiger partial charge in [0, 0.05) is 13.1 Å². The Kier molecular flexibility index (Phi) is 3.65. The summed E-state index contributed by atoms with van der Waals surface area (Å²) in [6, 6.07) is 0. The molecule has 5 rings (SSSR count). The van der Waals surface area contributed by atoms with Crippen molar-refractivity contribution in [3.8, 4) is 0 Å². The van der Waals surface area contributed by atoms with E-state index in [1.54, 1.807) is 0 Å². The average Bonchev–Trinajstić information content (AvgIpc) is 2.50. The number of nitrogens with zero attached hydrogens (tertiary/aromatic N) is 1. The smallest absolute Gasteiger partial charge is 0.410 e. The molecule has 0 aromatic rings. The van der Waals surface area contributed by atoms with Gasteiger partial charge in [-0.25, -0.2) is 4.79 Å². The topological polar surface area (TPSA) is 29.5 Å². The lowest BCUT2D eigenvalue weighted by molar-refractivity contribution is -0.200. The summed E-state index contributed by atoms with van der Waals surface area (Å²) in [6.07, 6.45) is 10.2. The number of carbonyl (C=O) groups excluding carboxylic acids is 1. The molecular formula is C19H31NO2.